The fraction of sp³-hybridized carbons (Fsp3) is 0.800. The molecular weight excluding hydrogens is 122 g/mol. The second kappa shape index (κ2) is 9.94. The Balaban J connectivity index is 0. The lowest BCUT2D eigenvalue weighted by Gasteiger charge is -1.67. The first-order valence-corrected chi connectivity index (χ1v) is 3.15. The fourth-order valence-corrected chi connectivity index (χ4v) is 0. The molecule has 8 heavy (non-hydrogen) atoms. The Kier molecular flexibility index (Phi) is 13.3. The van der Waals surface area contributed by atoms with Crippen LogP contribution in [0.5, 0.6) is 0 Å². The second-order valence-corrected chi connectivity index (χ2v) is 1.78. The predicted octanol–water partition coefficient (Wildman–Crippen LogP) is 0.818. The van der Waals surface area contributed by atoms with Gasteiger partial charge in [0.15, 0.2) is 0 Å². The normalized spacial score (nSPS) is 6.88. The van der Waals surface area contributed by atoms with E-state index in [1.807, 2.05) is 0 Å². The fourth-order valence-electron chi connectivity index (χ4n) is 0. The van der Waals surface area contributed by atoms with Crippen LogP contribution in [-0.2, 0) is 4.79 Å². The first-order chi connectivity index (χ1) is 3.65. The lowest BCUT2D eigenvalue weighted by Crippen LogP contribution is -2.01. The zero-order chi connectivity index (χ0) is 6.99. The zero-order valence-electron chi connectivity index (χ0n) is 5.35. The van der Waals surface area contributed by atoms with Crippen LogP contribution in [0.3, 0.4) is 0 Å². The summed E-state index contributed by atoms with van der Waals surface area (Å²) in [6.45, 7) is 3.41. The van der Waals surface area contributed by atoms with E-state index >= 15 is 0 Å². The molecule has 0 saturated heterocycles. The van der Waals surface area contributed by atoms with Crippen LogP contribution in [-0.4, -0.2) is 11.7 Å². The molecule has 0 fully saturated rings. The smallest absolute Gasteiger partial charge is 0.214 e. The highest BCUT2D eigenvalue weighted by Gasteiger charge is 1.61. The maximum Gasteiger partial charge on any atom is 0.214 e. The Hall–Kier alpha value is -0.180. The molecule has 0 aromatic heterocycles. The molecule has 0 bridgehead atoms. The van der Waals surface area contributed by atoms with Gasteiger partial charge in [-0.1, -0.05) is 6.92 Å². The van der Waals surface area contributed by atoms with Crippen molar-refractivity contribution in [2.24, 2.45) is 5.73 Å². The molecule has 3 heteroatoms. The van der Waals surface area contributed by atoms with Crippen LogP contribution < -0.4 is 5.73 Å². The third kappa shape index (κ3) is 201. The molecule has 0 radical (unpaired) electrons. The average Bonchev–Trinajstić information content (AvgIpc) is 1.65. The van der Waals surface area contributed by atoms with Crippen molar-refractivity contribution in [3.05, 3.63) is 0 Å². The highest BCUT2D eigenvalue weighted by molar-refractivity contribution is 7.80. The molecule has 1 amide bonds. The molecule has 50 valence electrons. The standard InChI is InChI=1S/C3H8S.C2H5NO/c1-2-3-4;1-2(3)4/h4H,2-3H2,1H3;1H3,(H2,3,4). The van der Waals surface area contributed by atoms with E-state index in [9.17, 15) is 4.79 Å². The molecule has 0 rings (SSSR count). The summed E-state index contributed by atoms with van der Waals surface area (Å²) >= 11 is 3.92. The number of hydrogen-bond acceptors (Lipinski definition) is 2. The van der Waals surface area contributed by atoms with Crippen molar-refractivity contribution in [2.45, 2.75) is 20.3 Å². The molecule has 0 aliphatic rings. The van der Waals surface area contributed by atoms with Crippen LogP contribution in [0.15, 0.2) is 0 Å². The second-order valence-electron chi connectivity index (χ2n) is 1.33. The summed E-state index contributed by atoms with van der Waals surface area (Å²) in [7, 11) is 0. The summed E-state index contributed by atoms with van der Waals surface area (Å²) in [4.78, 5) is 9.22. The SMILES string of the molecule is CC(N)=O.CCCS. The first-order valence-electron chi connectivity index (χ1n) is 2.52. The number of carbonyl (C=O) groups is 1. The molecule has 0 spiro atoms. The predicted molar refractivity (Wildman–Crippen MR) is 39.0 cm³/mol. The Labute approximate surface area is 55.9 Å². The van der Waals surface area contributed by atoms with E-state index in [1.165, 1.54) is 13.3 Å². The van der Waals surface area contributed by atoms with Gasteiger partial charge < -0.3 is 5.73 Å². The molecule has 0 aromatic rings. The van der Waals surface area contributed by atoms with Gasteiger partial charge in [0.1, 0.15) is 0 Å². The van der Waals surface area contributed by atoms with Gasteiger partial charge in [-0.25, -0.2) is 0 Å². The summed E-state index contributed by atoms with van der Waals surface area (Å²) in [5.74, 6) is 0.681. The number of nitrogens with two attached hydrogens (primary N) is 1. The molecular formula is C5H13NOS. The number of rotatable bonds is 1. The number of amides is 1. The maximum absolute atomic E-state index is 9.22. The molecule has 0 heterocycles. The summed E-state index contributed by atoms with van der Waals surface area (Å²) in [5.41, 5.74) is 4.47. The average molecular weight is 135 g/mol. The molecule has 2 nitrogen and oxygen atoms in total. The highest BCUT2D eigenvalue weighted by atomic mass is 32.1. The van der Waals surface area contributed by atoms with Crippen molar-refractivity contribution in [2.75, 3.05) is 5.75 Å². The third-order valence-corrected chi connectivity index (χ3v) is 0.671. The van der Waals surface area contributed by atoms with Crippen LogP contribution in [0.1, 0.15) is 20.3 Å². The Morgan fingerprint density at radius 1 is 1.75 bits per heavy atom. The van der Waals surface area contributed by atoms with Crippen molar-refractivity contribution in [1.82, 2.24) is 0 Å². The molecule has 0 aliphatic carbocycles. The van der Waals surface area contributed by atoms with Gasteiger partial charge in [0.25, 0.3) is 0 Å². The quantitative estimate of drug-likeness (QED) is 0.513. The van der Waals surface area contributed by atoms with E-state index in [0.717, 1.165) is 5.75 Å². The van der Waals surface area contributed by atoms with Crippen molar-refractivity contribution in [3.63, 3.8) is 0 Å². The lowest BCUT2D eigenvalue weighted by molar-refractivity contribution is -0.115. The van der Waals surface area contributed by atoms with Crippen LogP contribution in [0.4, 0.5) is 0 Å². The number of primary amides is 1. The topological polar surface area (TPSA) is 43.1 Å². The molecule has 0 saturated carbocycles. The van der Waals surface area contributed by atoms with E-state index in [0.29, 0.717) is 0 Å². The molecule has 0 aromatic carbocycles. The minimum atomic E-state index is -0.333. The molecule has 0 aliphatic heterocycles. The van der Waals surface area contributed by atoms with Crippen molar-refractivity contribution < 1.29 is 4.79 Å². The van der Waals surface area contributed by atoms with Gasteiger partial charge in [-0.2, -0.15) is 12.6 Å². The van der Waals surface area contributed by atoms with Gasteiger partial charge in [0.05, 0.1) is 0 Å². The lowest BCUT2D eigenvalue weighted by atomic mass is 10.6. The van der Waals surface area contributed by atoms with E-state index in [4.69, 9.17) is 0 Å². The highest BCUT2D eigenvalue weighted by Crippen LogP contribution is 1.74. The number of carbonyl (C=O) groups excluding carboxylic acids is 1. The Morgan fingerprint density at radius 3 is 1.88 bits per heavy atom. The minimum Gasteiger partial charge on any atom is -0.370 e. The van der Waals surface area contributed by atoms with Gasteiger partial charge in [-0.3, -0.25) is 4.79 Å². The van der Waals surface area contributed by atoms with E-state index in [1.54, 1.807) is 0 Å². The van der Waals surface area contributed by atoms with Gasteiger partial charge in [0, 0.05) is 6.92 Å². The first kappa shape index (κ1) is 10.7. The van der Waals surface area contributed by atoms with Gasteiger partial charge >= 0.3 is 0 Å². The minimum absolute atomic E-state index is 0.333. The van der Waals surface area contributed by atoms with Crippen molar-refractivity contribution >= 4 is 18.5 Å². The maximum atomic E-state index is 9.22. The summed E-state index contributed by atoms with van der Waals surface area (Å²) < 4.78 is 0. The Morgan fingerprint density at radius 2 is 1.88 bits per heavy atom. The van der Waals surface area contributed by atoms with Crippen molar-refractivity contribution in [1.29, 1.82) is 0 Å². The summed E-state index contributed by atoms with van der Waals surface area (Å²) in [6, 6.07) is 0. The van der Waals surface area contributed by atoms with Gasteiger partial charge in [-0.05, 0) is 12.2 Å². The monoisotopic (exact) mass is 135 g/mol. The summed E-state index contributed by atoms with van der Waals surface area (Å²) in [5, 5.41) is 0. The van der Waals surface area contributed by atoms with Gasteiger partial charge in [0.2, 0.25) is 5.91 Å². The van der Waals surface area contributed by atoms with E-state index in [2.05, 4.69) is 25.3 Å². The van der Waals surface area contributed by atoms with Crippen LogP contribution >= 0.6 is 12.6 Å². The number of thiol groups is 1. The molecule has 2 N–H and O–H groups in total. The van der Waals surface area contributed by atoms with E-state index < -0.39 is 0 Å². The Bertz CT molecular complexity index is 50.4. The van der Waals surface area contributed by atoms with Crippen LogP contribution in [0.2, 0.25) is 0 Å². The van der Waals surface area contributed by atoms with Crippen LogP contribution in [0, 0.1) is 0 Å². The molecule has 0 atom stereocenters. The summed E-state index contributed by atoms with van der Waals surface area (Å²) in [6.07, 6.45) is 1.18. The largest absolute Gasteiger partial charge is 0.370 e. The van der Waals surface area contributed by atoms with Gasteiger partial charge in [-0.15, -0.1) is 0 Å². The van der Waals surface area contributed by atoms with E-state index in [-0.39, 0.29) is 5.91 Å². The number of hydrogen-bond donors (Lipinski definition) is 2. The third-order valence-electron chi connectivity index (χ3n) is 0.224. The molecule has 0 unspecified atom stereocenters. The van der Waals surface area contributed by atoms with Crippen molar-refractivity contribution in [3.8, 4) is 0 Å². The zero-order valence-corrected chi connectivity index (χ0v) is 6.24. The van der Waals surface area contributed by atoms with Crippen LogP contribution in [0.25, 0.3) is 0 Å².